The summed E-state index contributed by atoms with van der Waals surface area (Å²) >= 11 is 6.03. The van der Waals surface area contributed by atoms with Crippen LogP contribution in [-0.4, -0.2) is 60.8 Å². The molecular formula is C29H39ClN2O3. The molecule has 0 aromatic heterocycles. The summed E-state index contributed by atoms with van der Waals surface area (Å²) in [6.45, 7) is 11.2. The molecule has 2 aromatic carbocycles. The van der Waals surface area contributed by atoms with Crippen molar-refractivity contribution in [1.82, 2.24) is 9.80 Å². The molecule has 0 saturated carbocycles. The highest BCUT2D eigenvalue weighted by atomic mass is 35.5. The number of nitrogens with zero attached hydrogens (tertiary/aromatic N) is 2. The van der Waals surface area contributed by atoms with Gasteiger partial charge in [0.2, 0.25) is 0 Å². The quantitative estimate of drug-likeness (QED) is 0.437. The molecule has 0 aliphatic carbocycles. The van der Waals surface area contributed by atoms with Crippen LogP contribution < -0.4 is 4.74 Å². The normalized spacial score (nSPS) is 17.5. The van der Waals surface area contributed by atoms with Gasteiger partial charge < -0.3 is 19.3 Å². The topological polar surface area (TPSA) is 42.0 Å². The van der Waals surface area contributed by atoms with E-state index < -0.39 is 5.60 Å². The Morgan fingerprint density at radius 2 is 1.66 bits per heavy atom. The van der Waals surface area contributed by atoms with Gasteiger partial charge in [-0.3, -0.25) is 0 Å². The van der Waals surface area contributed by atoms with Crippen molar-refractivity contribution in [1.29, 1.82) is 0 Å². The van der Waals surface area contributed by atoms with E-state index in [-0.39, 0.29) is 6.09 Å². The average molecular weight is 499 g/mol. The van der Waals surface area contributed by atoms with Gasteiger partial charge >= 0.3 is 6.09 Å². The molecular weight excluding hydrogens is 460 g/mol. The molecule has 0 radical (unpaired) electrons. The van der Waals surface area contributed by atoms with Crippen molar-refractivity contribution in [3.63, 3.8) is 0 Å². The monoisotopic (exact) mass is 498 g/mol. The Hall–Kier alpha value is -2.24. The predicted octanol–water partition coefficient (Wildman–Crippen LogP) is 6.32. The van der Waals surface area contributed by atoms with Crippen LogP contribution in [0, 0.1) is 0 Å². The molecule has 2 aliphatic heterocycles. The zero-order valence-electron chi connectivity index (χ0n) is 21.4. The lowest BCUT2D eigenvalue weighted by Gasteiger charge is -2.32. The highest BCUT2D eigenvalue weighted by Crippen LogP contribution is 2.29. The van der Waals surface area contributed by atoms with Crippen molar-refractivity contribution >= 4 is 17.7 Å². The molecule has 0 N–H and O–H groups in total. The van der Waals surface area contributed by atoms with E-state index in [1.165, 1.54) is 29.5 Å². The molecule has 4 rings (SSSR count). The van der Waals surface area contributed by atoms with E-state index in [0.29, 0.717) is 19.0 Å². The Balaban J connectivity index is 1.18. The molecule has 2 aromatic rings. The van der Waals surface area contributed by atoms with Crippen molar-refractivity contribution in [3.8, 4) is 5.75 Å². The second-order valence-electron chi connectivity index (χ2n) is 10.8. The smallest absolute Gasteiger partial charge is 0.410 e. The van der Waals surface area contributed by atoms with Crippen molar-refractivity contribution in [2.45, 2.75) is 64.4 Å². The standard InChI is InChI=1S/C29H39ClN2O3/c1-29(2,3)35-28(33)32-18-13-23-7-10-27(21-25(23)14-19-32)34-20-4-15-31-16-11-24(12-17-31)22-5-8-26(30)9-6-22/h5-10,21,24H,4,11-20H2,1-3H3. The molecule has 6 heteroatoms. The van der Waals surface area contributed by atoms with Crippen LogP contribution in [0.15, 0.2) is 42.5 Å². The number of carbonyl (C=O) groups is 1. The molecule has 1 fully saturated rings. The van der Waals surface area contributed by atoms with Gasteiger partial charge in [0.15, 0.2) is 0 Å². The van der Waals surface area contributed by atoms with E-state index in [1.54, 1.807) is 0 Å². The molecule has 35 heavy (non-hydrogen) atoms. The summed E-state index contributed by atoms with van der Waals surface area (Å²) in [6.07, 6.45) is 4.88. The lowest BCUT2D eigenvalue weighted by Crippen LogP contribution is -2.38. The fourth-order valence-electron chi connectivity index (χ4n) is 5.00. The fourth-order valence-corrected chi connectivity index (χ4v) is 5.13. The second kappa shape index (κ2) is 11.7. The minimum absolute atomic E-state index is 0.223. The molecule has 190 valence electrons. The van der Waals surface area contributed by atoms with Gasteiger partial charge in [-0.05, 0) is 113 Å². The summed E-state index contributed by atoms with van der Waals surface area (Å²) in [6, 6.07) is 14.7. The number of amides is 1. The van der Waals surface area contributed by atoms with E-state index >= 15 is 0 Å². The third-order valence-corrected chi connectivity index (χ3v) is 7.20. The number of rotatable bonds is 6. The van der Waals surface area contributed by atoms with Crippen LogP contribution in [0.5, 0.6) is 5.75 Å². The third-order valence-electron chi connectivity index (χ3n) is 6.95. The zero-order chi connectivity index (χ0) is 24.8. The number of hydrogen-bond donors (Lipinski definition) is 0. The molecule has 5 nitrogen and oxygen atoms in total. The Labute approximate surface area is 215 Å². The van der Waals surface area contributed by atoms with E-state index in [9.17, 15) is 4.79 Å². The average Bonchev–Trinajstić information content (AvgIpc) is 3.04. The summed E-state index contributed by atoms with van der Waals surface area (Å²) in [4.78, 5) is 16.8. The first-order valence-corrected chi connectivity index (χ1v) is 13.3. The van der Waals surface area contributed by atoms with E-state index in [4.69, 9.17) is 21.1 Å². The summed E-state index contributed by atoms with van der Waals surface area (Å²) in [7, 11) is 0. The van der Waals surface area contributed by atoms with Crippen molar-refractivity contribution in [2.75, 3.05) is 39.3 Å². The minimum Gasteiger partial charge on any atom is -0.494 e. The third kappa shape index (κ3) is 7.62. The summed E-state index contributed by atoms with van der Waals surface area (Å²) in [5.41, 5.74) is 3.52. The highest BCUT2D eigenvalue weighted by Gasteiger charge is 2.24. The maximum Gasteiger partial charge on any atom is 0.410 e. The predicted molar refractivity (Wildman–Crippen MR) is 142 cm³/mol. The first-order chi connectivity index (χ1) is 16.8. The number of fused-ring (bicyclic) bond motifs is 1. The highest BCUT2D eigenvalue weighted by molar-refractivity contribution is 6.30. The van der Waals surface area contributed by atoms with Crippen LogP contribution in [0.2, 0.25) is 5.02 Å². The molecule has 0 atom stereocenters. The lowest BCUT2D eigenvalue weighted by atomic mass is 9.89. The van der Waals surface area contributed by atoms with Gasteiger partial charge in [-0.1, -0.05) is 29.8 Å². The van der Waals surface area contributed by atoms with Crippen LogP contribution in [0.1, 0.15) is 62.6 Å². The van der Waals surface area contributed by atoms with E-state index in [0.717, 1.165) is 56.3 Å². The second-order valence-corrected chi connectivity index (χ2v) is 11.2. The van der Waals surface area contributed by atoms with Gasteiger partial charge in [-0.2, -0.15) is 0 Å². The maximum atomic E-state index is 12.5. The molecule has 2 aliphatic rings. The van der Waals surface area contributed by atoms with Gasteiger partial charge in [0.1, 0.15) is 11.4 Å². The van der Waals surface area contributed by atoms with Crippen LogP contribution >= 0.6 is 11.6 Å². The van der Waals surface area contributed by atoms with Crippen molar-refractivity contribution < 1.29 is 14.3 Å². The fraction of sp³-hybridized carbons (Fsp3) is 0.552. The van der Waals surface area contributed by atoms with Crippen LogP contribution in [0.25, 0.3) is 0 Å². The van der Waals surface area contributed by atoms with E-state index in [1.807, 2.05) is 37.8 Å². The number of carbonyl (C=O) groups excluding carboxylic acids is 1. The SMILES string of the molecule is CC(C)(C)OC(=O)N1CCc2ccc(OCCCN3CCC(c4ccc(Cl)cc4)CC3)cc2CC1. The lowest BCUT2D eigenvalue weighted by molar-refractivity contribution is 0.0258. The minimum atomic E-state index is -0.468. The van der Waals surface area contributed by atoms with Gasteiger partial charge in [0.05, 0.1) is 6.61 Å². The Morgan fingerprint density at radius 3 is 2.34 bits per heavy atom. The number of likely N-dealkylation sites (tertiary alicyclic amines) is 1. The molecule has 1 saturated heterocycles. The van der Waals surface area contributed by atoms with E-state index in [2.05, 4.69) is 35.2 Å². The van der Waals surface area contributed by atoms with Gasteiger partial charge in [-0.25, -0.2) is 4.79 Å². The van der Waals surface area contributed by atoms with Crippen molar-refractivity contribution in [3.05, 3.63) is 64.2 Å². The molecule has 0 bridgehead atoms. The number of piperidine rings is 1. The van der Waals surface area contributed by atoms with Crippen LogP contribution in [0.4, 0.5) is 4.79 Å². The molecule has 1 amide bonds. The Morgan fingerprint density at radius 1 is 0.971 bits per heavy atom. The number of hydrogen-bond acceptors (Lipinski definition) is 4. The Kier molecular flexibility index (Phi) is 8.61. The number of ether oxygens (including phenoxy) is 2. The molecule has 2 heterocycles. The van der Waals surface area contributed by atoms with Crippen LogP contribution in [0.3, 0.4) is 0 Å². The van der Waals surface area contributed by atoms with Crippen LogP contribution in [-0.2, 0) is 17.6 Å². The zero-order valence-corrected chi connectivity index (χ0v) is 22.2. The van der Waals surface area contributed by atoms with Gasteiger partial charge in [0, 0.05) is 24.7 Å². The largest absolute Gasteiger partial charge is 0.494 e. The molecule has 0 unspecified atom stereocenters. The molecule has 0 spiro atoms. The summed E-state index contributed by atoms with van der Waals surface area (Å²) in [5.74, 6) is 1.57. The number of halogens is 1. The first kappa shape index (κ1) is 25.8. The summed E-state index contributed by atoms with van der Waals surface area (Å²) in [5, 5.41) is 0.809. The van der Waals surface area contributed by atoms with Crippen molar-refractivity contribution in [2.24, 2.45) is 0 Å². The maximum absolute atomic E-state index is 12.5. The number of benzene rings is 2. The van der Waals surface area contributed by atoms with Gasteiger partial charge in [0.25, 0.3) is 0 Å². The Bertz CT molecular complexity index is 978. The van der Waals surface area contributed by atoms with Gasteiger partial charge in [-0.15, -0.1) is 0 Å². The first-order valence-electron chi connectivity index (χ1n) is 13.0. The summed E-state index contributed by atoms with van der Waals surface area (Å²) < 4.78 is 11.7.